The molecular weight excluding hydrogens is 506 g/mol. The number of amides is 1. The molecule has 2 aromatic carbocycles. The number of aromatic nitrogens is 2. The summed E-state index contributed by atoms with van der Waals surface area (Å²) in [5.41, 5.74) is 4.78. The van der Waals surface area contributed by atoms with Crippen LogP contribution in [0.25, 0.3) is 10.9 Å². The third-order valence-corrected chi connectivity index (χ3v) is 9.58. The van der Waals surface area contributed by atoms with Crippen molar-refractivity contribution < 1.29 is 4.79 Å². The van der Waals surface area contributed by atoms with Crippen molar-refractivity contribution in [3.05, 3.63) is 95.8 Å². The van der Waals surface area contributed by atoms with Gasteiger partial charge in [0.2, 0.25) is 0 Å². The molecule has 6 heteroatoms. The Labute approximate surface area is 243 Å². The average molecular weight is 548 g/mol. The summed E-state index contributed by atoms with van der Waals surface area (Å²) < 4.78 is 2.55. The maximum absolute atomic E-state index is 13.5. The molecule has 1 amide bonds. The molecule has 212 valence electrons. The Morgan fingerprint density at radius 2 is 1.61 bits per heavy atom. The lowest BCUT2D eigenvalue weighted by molar-refractivity contribution is 0.0246. The molecule has 4 heterocycles. The Kier molecular flexibility index (Phi) is 7.49. The topological polar surface area (TPSA) is 44.6 Å². The predicted octanol–water partition coefficient (Wildman–Crippen LogP) is 5.85. The Morgan fingerprint density at radius 3 is 2.37 bits per heavy atom. The van der Waals surface area contributed by atoms with Crippen molar-refractivity contribution in [2.45, 2.75) is 51.1 Å². The van der Waals surface area contributed by atoms with Gasteiger partial charge in [-0.15, -0.1) is 0 Å². The second-order valence-electron chi connectivity index (χ2n) is 12.3. The van der Waals surface area contributed by atoms with Crippen LogP contribution >= 0.6 is 0 Å². The molecule has 41 heavy (non-hydrogen) atoms. The van der Waals surface area contributed by atoms with Gasteiger partial charge in [-0.2, -0.15) is 0 Å². The van der Waals surface area contributed by atoms with E-state index < -0.39 is 0 Å². The van der Waals surface area contributed by atoms with E-state index in [-0.39, 0.29) is 5.91 Å². The van der Waals surface area contributed by atoms with Crippen LogP contribution in [-0.4, -0.2) is 70.6 Å². The summed E-state index contributed by atoms with van der Waals surface area (Å²) in [5, 5.41) is 1.19. The molecule has 1 saturated carbocycles. The number of likely N-dealkylation sites (tertiary alicyclic amines) is 1. The number of rotatable bonds is 7. The second kappa shape index (κ2) is 11.7. The zero-order valence-electron chi connectivity index (χ0n) is 24.0. The van der Waals surface area contributed by atoms with Crippen molar-refractivity contribution in [3.63, 3.8) is 0 Å². The largest absolute Gasteiger partial charge is 0.354 e. The Morgan fingerprint density at radius 1 is 0.829 bits per heavy atom. The van der Waals surface area contributed by atoms with Gasteiger partial charge in [-0.05, 0) is 60.7 Å². The SMILES string of the molecule is O=C(c1ccc2c(c1)cc(Cc1ccccc1)n2CC1CCCCC1)N1CC(N2CCN(c3ccccn3)CC2)C1. The fraction of sp³-hybridized carbons (Fsp3) is 0.429. The first-order valence-electron chi connectivity index (χ1n) is 15.6. The molecule has 0 radical (unpaired) electrons. The minimum absolute atomic E-state index is 0.167. The molecule has 0 spiro atoms. The lowest BCUT2D eigenvalue weighted by Crippen LogP contribution is -2.64. The number of nitrogens with zero attached hydrogens (tertiary/aromatic N) is 5. The number of carbonyl (C=O) groups is 1. The molecule has 6 nitrogen and oxygen atoms in total. The van der Waals surface area contributed by atoms with Crippen LogP contribution in [0.15, 0.2) is 79.0 Å². The quantitative estimate of drug-likeness (QED) is 0.291. The Hall–Kier alpha value is -3.64. The summed E-state index contributed by atoms with van der Waals surface area (Å²) in [4.78, 5) is 25.0. The van der Waals surface area contributed by atoms with Gasteiger partial charge in [-0.25, -0.2) is 4.98 Å². The molecule has 3 fully saturated rings. The third-order valence-electron chi connectivity index (χ3n) is 9.58. The van der Waals surface area contributed by atoms with Gasteiger partial charge in [0.05, 0.1) is 0 Å². The van der Waals surface area contributed by atoms with Gasteiger partial charge in [0, 0.05) is 86.6 Å². The first kappa shape index (κ1) is 26.3. The smallest absolute Gasteiger partial charge is 0.253 e. The van der Waals surface area contributed by atoms with Crippen molar-refractivity contribution >= 4 is 22.6 Å². The van der Waals surface area contributed by atoms with Crippen LogP contribution in [0.5, 0.6) is 0 Å². The number of pyridine rings is 1. The fourth-order valence-electron chi connectivity index (χ4n) is 7.15. The summed E-state index contributed by atoms with van der Waals surface area (Å²) in [7, 11) is 0. The van der Waals surface area contributed by atoms with Crippen molar-refractivity contribution in [3.8, 4) is 0 Å². The minimum Gasteiger partial charge on any atom is -0.354 e. The van der Waals surface area contributed by atoms with Crippen LogP contribution < -0.4 is 4.90 Å². The van der Waals surface area contributed by atoms with Crippen molar-refractivity contribution in [1.29, 1.82) is 0 Å². The number of anilines is 1. The molecular formula is C35H41N5O. The second-order valence-corrected chi connectivity index (χ2v) is 12.3. The van der Waals surface area contributed by atoms with E-state index in [0.717, 1.165) is 69.5 Å². The van der Waals surface area contributed by atoms with Crippen LogP contribution in [0.3, 0.4) is 0 Å². The number of piperazine rings is 1. The van der Waals surface area contributed by atoms with Crippen LogP contribution in [0.2, 0.25) is 0 Å². The highest BCUT2D eigenvalue weighted by Crippen LogP contribution is 2.31. The number of hydrogen-bond donors (Lipinski definition) is 0. The highest BCUT2D eigenvalue weighted by atomic mass is 16.2. The van der Waals surface area contributed by atoms with Gasteiger partial charge >= 0.3 is 0 Å². The number of fused-ring (bicyclic) bond motifs is 1. The zero-order chi connectivity index (χ0) is 27.6. The van der Waals surface area contributed by atoms with Crippen molar-refractivity contribution in [1.82, 2.24) is 19.4 Å². The van der Waals surface area contributed by atoms with Crippen LogP contribution in [-0.2, 0) is 13.0 Å². The van der Waals surface area contributed by atoms with E-state index in [1.54, 1.807) is 0 Å². The Balaban J connectivity index is 1.03. The van der Waals surface area contributed by atoms with E-state index in [4.69, 9.17) is 0 Å². The normalized spacial score (nSPS) is 19.0. The zero-order valence-corrected chi connectivity index (χ0v) is 24.0. The molecule has 0 unspecified atom stereocenters. The summed E-state index contributed by atoms with van der Waals surface area (Å²) >= 11 is 0. The van der Waals surface area contributed by atoms with E-state index >= 15 is 0 Å². The molecule has 3 aliphatic rings. The van der Waals surface area contributed by atoms with Gasteiger partial charge in [0.15, 0.2) is 0 Å². The number of carbonyl (C=O) groups excluding carboxylic acids is 1. The molecule has 0 N–H and O–H groups in total. The summed E-state index contributed by atoms with van der Waals surface area (Å²) in [6.07, 6.45) is 9.53. The van der Waals surface area contributed by atoms with E-state index in [1.165, 1.54) is 54.3 Å². The lowest BCUT2D eigenvalue weighted by Gasteiger charge is -2.48. The van der Waals surface area contributed by atoms with Gasteiger partial charge in [-0.1, -0.05) is 55.7 Å². The summed E-state index contributed by atoms with van der Waals surface area (Å²) in [6, 6.07) is 26.1. The molecule has 1 aliphatic carbocycles. The summed E-state index contributed by atoms with van der Waals surface area (Å²) in [5.74, 6) is 1.98. The molecule has 7 rings (SSSR count). The average Bonchev–Trinajstić information content (AvgIpc) is 3.33. The van der Waals surface area contributed by atoms with Crippen LogP contribution in [0, 0.1) is 5.92 Å². The van der Waals surface area contributed by atoms with Crippen LogP contribution in [0.1, 0.15) is 53.7 Å². The summed E-state index contributed by atoms with van der Waals surface area (Å²) in [6.45, 7) is 6.75. The number of hydrogen-bond acceptors (Lipinski definition) is 4. The lowest BCUT2D eigenvalue weighted by atomic mass is 9.89. The van der Waals surface area contributed by atoms with Gasteiger partial charge in [0.25, 0.3) is 5.91 Å². The van der Waals surface area contributed by atoms with E-state index in [0.29, 0.717) is 6.04 Å². The van der Waals surface area contributed by atoms with Gasteiger partial charge in [-0.3, -0.25) is 9.69 Å². The standard InChI is InChI=1S/C35H41N5O/c41-35(39-25-32(26-39)37-17-19-38(20-18-37)34-13-7-8-16-36-34)29-14-15-33-30(22-29)23-31(21-27-9-3-1-4-10-27)40(33)24-28-11-5-2-6-12-28/h1,3-4,7-10,13-16,22-23,28,32H,2,5-6,11-12,17-21,24-26H2. The molecule has 0 bridgehead atoms. The third kappa shape index (κ3) is 5.62. The molecule has 0 atom stereocenters. The van der Waals surface area contributed by atoms with E-state index in [9.17, 15) is 4.79 Å². The van der Waals surface area contributed by atoms with E-state index in [1.807, 2.05) is 17.2 Å². The van der Waals surface area contributed by atoms with Crippen LogP contribution in [0.4, 0.5) is 5.82 Å². The molecule has 4 aromatic rings. The maximum atomic E-state index is 13.5. The highest BCUT2D eigenvalue weighted by Gasteiger charge is 2.36. The van der Waals surface area contributed by atoms with Gasteiger partial charge < -0.3 is 14.4 Å². The fourth-order valence-corrected chi connectivity index (χ4v) is 7.15. The van der Waals surface area contributed by atoms with Crippen molar-refractivity contribution in [2.75, 3.05) is 44.2 Å². The maximum Gasteiger partial charge on any atom is 0.253 e. The minimum atomic E-state index is 0.167. The van der Waals surface area contributed by atoms with Gasteiger partial charge in [0.1, 0.15) is 5.82 Å². The monoisotopic (exact) mass is 547 g/mol. The number of benzene rings is 2. The molecule has 2 saturated heterocycles. The van der Waals surface area contributed by atoms with Crippen molar-refractivity contribution in [2.24, 2.45) is 5.92 Å². The predicted molar refractivity (Wildman–Crippen MR) is 165 cm³/mol. The highest BCUT2D eigenvalue weighted by molar-refractivity contribution is 5.98. The van der Waals surface area contributed by atoms with E-state index in [2.05, 4.69) is 86.1 Å². The Bertz CT molecular complexity index is 1460. The molecule has 2 aromatic heterocycles. The molecule has 2 aliphatic heterocycles. The first-order chi connectivity index (χ1) is 20.2. The first-order valence-corrected chi connectivity index (χ1v) is 15.6.